The summed E-state index contributed by atoms with van der Waals surface area (Å²) in [6, 6.07) is 16.7. The number of benzene rings is 2. The summed E-state index contributed by atoms with van der Waals surface area (Å²) in [5.74, 6) is -0.00962. The SMILES string of the molecule is CCC(C)C.O=C(O)c1ccc(-c2ccccc2)cc1. The lowest BCUT2D eigenvalue weighted by Gasteiger charge is -2.01. The van der Waals surface area contributed by atoms with Gasteiger partial charge < -0.3 is 5.11 Å². The fraction of sp³-hybridized carbons (Fsp3) is 0.278. The first-order chi connectivity index (χ1) is 9.54. The molecule has 0 saturated heterocycles. The molecule has 0 saturated carbocycles. The molecule has 0 aliphatic heterocycles. The van der Waals surface area contributed by atoms with E-state index < -0.39 is 5.97 Å². The standard InChI is InChI=1S/C13H10O2.C5H12/c14-13(15)12-8-6-11(7-9-12)10-4-2-1-3-5-10;1-4-5(2)3/h1-9H,(H,14,15);5H,4H2,1-3H3. The largest absolute Gasteiger partial charge is 0.478 e. The van der Waals surface area contributed by atoms with Crippen molar-refractivity contribution < 1.29 is 9.90 Å². The van der Waals surface area contributed by atoms with E-state index in [-0.39, 0.29) is 0 Å². The monoisotopic (exact) mass is 270 g/mol. The molecule has 0 bridgehead atoms. The maximum atomic E-state index is 10.6. The van der Waals surface area contributed by atoms with Crippen LogP contribution in [0.3, 0.4) is 0 Å². The molecule has 0 unspecified atom stereocenters. The van der Waals surface area contributed by atoms with Crippen LogP contribution in [0.2, 0.25) is 0 Å². The Morgan fingerprint density at radius 1 is 0.950 bits per heavy atom. The van der Waals surface area contributed by atoms with Crippen LogP contribution in [-0.2, 0) is 0 Å². The van der Waals surface area contributed by atoms with Gasteiger partial charge >= 0.3 is 5.97 Å². The van der Waals surface area contributed by atoms with Crippen LogP contribution in [-0.4, -0.2) is 11.1 Å². The quantitative estimate of drug-likeness (QED) is 0.842. The van der Waals surface area contributed by atoms with Gasteiger partial charge in [-0.15, -0.1) is 0 Å². The van der Waals surface area contributed by atoms with Crippen LogP contribution >= 0.6 is 0 Å². The fourth-order valence-electron chi connectivity index (χ4n) is 1.44. The minimum atomic E-state index is -0.894. The first-order valence-electron chi connectivity index (χ1n) is 6.93. The number of hydrogen-bond donors (Lipinski definition) is 1. The fourth-order valence-corrected chi connectivity index (χ4v) is 1.44. The van der Waals surface area contributed by atoms with Gasteiger partial charge in [0, 0.05) is 0 Å². The summed E-state index contributed by atoms with van der Waals surface area (Å²) in [6.07, 6.45) is 1.31. The van der Waals surface area contributed by atoms with Gasteiger partial charge in [-0.05, 0) is 29.2 Å². The Balaban J connectivity index is 0.000000347. The molecule has 106 valence electrons. The molecular weight excluding hydrogens is 248 g/mol. The minimum Gasteiger partial charge on any atom is -0.478 e. The zero-order chi connectivity index (χ0) is 15.0. The first kappa shape index (κ1) is 16.0. The van der Waals surface area contributed by atoms with E-state index in [1.165, 1.54) is 6.42 Å². The van der Waals surface area contributed by atoms with Crippen molar-refractivity contribution >= 4 is 5.97 Å². The number of aromatic carboxylic acids is 1. The highest BCUT2D eigenvalue weighted by molar-refractivity contribution is 5.88. The molecule has 0 atom stereocenters. The van der Waals surface area contributed by atoms with Gasteiger partial charge in [0.05, 0.1) is 5.56 Å². The molecule has 1 N–H and O–H groups in total. The Bertz CT molecular complexity index is 513. The highest BCUT2D eigenvalue weighted by atomic mass is 16.4. The average molecular weight is 270 g/mol. The third-order valence-corrected chi connectivity index (χ3v) is 3.06. The first-order valence-corrected chi connectivity index (χ1v) is 6.93. The smallest absolute Gasteiger partial charge is 0.335 e. The van der Waals surface area contributed by atoms with Crippen molar-refractivity contribution in [3.05, 3.63) is 60.2 Å². The predicted octanol–water partition coefficient (Wildman–Crippen LogP) is 5.10. The molecule has 2 aromatic carbocycles. The summed E-state index contributed by atoms with van der Waals surface area (Å²) in [7, 11) is 0. The van der Waals surface area contributed by atoms with E-state index in [1.54, 1.807) is 12.1 Å². The van der Waals surface area contributed by atoms with Gasteiger partial charge in [0.15, 0.2) is 0 Å². The van der Waals surface area contributed by atoms with E-state index in [1.807, 2.05) is 42.5 Å². The highest BCUT2D eigenvalue weighted by Crippen LogP contribution is 2.18. The van der Waals surface area contributed by atoms with Crippen LogP contribution in [0.1, 0.15) is 37.6 Å². The van der Waals surface area contributed by atoms with Crippen LogP contribution in [0.4, 0.5) is 0 Å². The van der Waals surface area contributed by atoms with E-state index in [9.17, 15) is 4.79 Å². The molecule has 2 heteroatoms. The summed E-state index contributed by atoms with van der Waals surface area (Å²) in [5.41, 5.74) is 2.43. The summed E-state index contributed by atoms with van der Waals surface area (Å²) < 4.78 is 0. The molecule has 2 nitrogen and oxygen atoms in total. The summed E-state index contributed by atoms with van der Waals surface area (Å²) >= 11 is 0. The van der Waals surface area contributed by atoms with Gasteiger partial charge in [-0.1, -0.05) is 69.7 Å². The summed E-state index contributed by atoms with van der Waals surface area (Å²) in [4.78, 5) is 10.6. The van der Waals surface area contributed by atoms with Gasteiger partial charge in [0.2, 0.25) is 0 Å². The summed E-state index contributed by atoms with van der Waals surface area (Å²) in [6.45, 7) is 6.64. The zero-order valence-corrected chi connectivity index (χ0v) is 12.3. The van der Waals surface area contributed by atoms with E-state index >= 15 is 0 Å². The predicted molar refractivity (Wildman–Crippen MR) is 84.0 cm³/mol. The Morgan fingerprint density at radius 2 is 1.40 bits per heavy atom. The normalized spacial score (nSPS) is 9.80. The van der Waals surface area contributed by atoms with Crippen LogP contribution in [0, 0.1) is 5.92 Å². The van der Waals surface area contributed by atoms with Gasteiger partial charge in [-0.25, -0.2) is 4.79 Å². The van der Waals surface area contributed by atoms with Crippen LogP contribution in [0.25, 0.3) is 11.1 Å². The number of carboxylic acids is 1. The van der Waals surface area contributed by atoms with E-state index in [0.29, 0.717) is 5.56 Å². The molecular formula is C18H22O2. The average Bonchev–Trinajstić information content (AvgIpc) is 2.49. The molecule has 2 rings (SSSR count). The van der Waals surface area contributed by atoms with E-state index in [0.717, 1.165) is 17.0 Å². The second-order valence-electron chi connectivity index (χ2n) is 5.05. The van der Waals surface area contributed by atoms with Crippen molar-refractivity contribution in [2.75, 3.05) is 0 Å². The van der Waals surface area contributed by atoms with Crippen molar-refractivity contribution in [3.8, 4) is 11.1 Å². The number of hydrogen-bond acceptors (Lipinski definition) is 1. The van der Waals surface area contributed by atoms with Crippen LogP contribution < -0.4 is 0 Å². The molecule has 0 aliphatic carbocycles. The number of carbonyl (C=O) groups is 1. The molecule has 0 fully saturated rings. The van der Waals surface area contributed by atoms with Crippen molar-refractivity contribution in [1.82, 2.24) is 0 Å². The maximum Gasteiger partial charge on any atom is 0.335 e. The molecule has 0 amide bonds. The minimum absolute atomic E-state index is 0.315. The third kappa shape index (κ3) is 5.27. The topological polar surface area (TPSA) is 37.3 Å². The summed E-state index contributed by atoms with van der Waals surface area (Å²) in [5, 5.41) is 8.75. The van der Waals surface area contributed by atoms with E-state index in [2.05, 4.69) is 20.8 Å². The van der Waals surface area contributed by atoms with E-state index in [4.69, 9.17) is 5.11 Å². The molecule has 0 radical (unpaired) electrons. The second kappa shape index (κ2) is 8.16. The highest BCUT2D eigenvalue weighted by Gasteiger charge is 2.02. The van der Waals surface area contributed by atoms with Gasteiger partial charge in [-0.2, -0.15) is 0 Å². The maximum absolute atomic E-state index is 10.6. The van der Waals surface area contributed by atoms with Crippen LogP contribution in [0.5, 0.6) is 0 Å². The lowest BCUT2D eigenvalue weighted by Crippen LogP contribution is -1.94. The Hall–Kier alpha value is -2.09. The molecule has 0 aromatic heterocycles. The van der Waals surface area contributed by atoms with Crippen molar-refractivity contribution in [2.45, 2.75) is 27.2 Å². The zero-order valence-electron chi connectivity index (χ0n) is 12.3. The van der Waals surface area contributed by atoms with Crippen molar-refractivity contribution in [2.24, 2.45) is 5.92 Å². The molecule has 2 aromatic rings. The Kier molecular flexibility index (Phi) is 6.51. The lowest BCUT2D eigenvalue weighted by molar-refractivity contribution is 0.0697. The van der Waals surface area contributed by atoms with Gasteiger partial charge in [-0.3, -0.25) is 0 Å². The van der Waals surface area contributed by atoms with Gasteiger partial charge in [0.25, 0.3) is 0 Å². The molecule has 0 heterocycles. The second-order valence-corrected chi connectivity index (χ2v) is 5.05. The van der Waals surface area contributed by atoms with Gasteiger partial charge in [0.1, 0.15) is 0 Å². The van der Waals surface area contributed by atoms with Crippen molar-refractivity contribution in [3.63, 3.8) is 0 Å². The number of rotatable bonds is 3. The van der Waals surface area contributed by atoms with Crippen LogP contribution in [0.15, 0.2) is 54.6 Å². The third-order valence-electron chi connectivity index (χ3n) is 3.06. The lowest BCUT2D eigenvalue weighted by atomic mass is 10.0. The molecule has 20 heavy (non-hydrogen) atoms. The Morgan fingerprint density at radius 3 is 1.80 bits per heavy atom. The molecule has 0 spiro atoms. The number of carboxylic acid groups (broad SMARTS) is 1. The Labute approximate surface area is 121 Å². The van der Waals surface area contributed by atoms with Crippen molar-refractivity contribution in [1.29, 1.82) is 0 Å². The molecule has 0 aliphatic rings.